The van der Waals surface area contributed by atoms with Gasteiger partial charge in [0, 0.05) is 20.6 Å². The Bertz CT molecular complexity index is 887. The van der Waals surface area contributed by atoms with Crippen LogP contribution in [0.1, 0.15) is 63.9 Å². The van der Waals surface area contributed by atoms with Gasteiger partial charge in [-0.25, -0.2) is 22.0 Å². The summed E-state index contributed by atoms with van der Waals surface area (Å²) < 4.78 is 85.7. The number of hydrogen-bond acceptors (Lipinski definition) is 3. The fourth-order valence-corrected chi connectivity index (χ4v) is 3.84. The molecule has 0 aliphatic rings. The van der Waals surface area contributed by atoms with Gasteiger partial charge in [-0.15, -0.1) is 0 Å². The van der Waals surface area contributed by atoms with Crippen molar-refractivity contribution in [1.29, 1.82) is 0 Å². The summed E-state index contributed by atoms with van der Waals surface area (Å²) in [7, 11) is 2.99. The zero-order chi connectivity index (χ0) is 25.1. The number of methoxy groups -OCH3 is 2. The van der Waals surface area contributed by atoms with Crippen molar-refractivity contribution < 1.29 is 36.2 Å². The summed E-state index contributed by atoms with van der Waals surface area (Å²) in [6.07, 6.45) is 8.76. The van der Waals surface area contributed by atoms with E-state index in [1.54, 1.807) is 6.07 Å². The van der Waals surface area contributed by atoms with Gasteiger partial charge in [-0.05, 0) is 24.0 Å². The molecule has 0 atom stereocenters. The second-order valence-electron chi connectivity index (χ2n) is 8.21. The van der Waals surface area contributed by atoms with Crippen molar-refractivity contribution in [3.63, 3.8) is 0 Å². The van der Waals surface area contributed by atoms with Gasteiger partial charge in [-0.2, -0.15) is 0 Å². The van der Waals surface area contributed by atoms with E-state index in [1.807, 2.05) is 0 Å². The fourth-order valence-electron chi connectivity index (χ4n) is 3.84. The van der Waals surface area contributed by atoms with Crippen molar-refractivity contribution in [3.8, 4) is 11.1 Å². The van der Waals surface area contributed by atoms with E-state index in [2.05, 4.69) is 6.92 Å². The van der Waals surface area contributed by atoms with Crippen molar-refractivity contribution >= 4 is 0 Å². The van der Waals surface area contributed by atoms with Gasteiger partial charge in [-0.3, -0.25) is 0 Å². The maximum absolute atomic E-state index is 14.2. The Morgan fingerprint density at radius 3 is 1.88 bits per heavy atom. The van der Waals surface area contributed by atoms with Crippen LogP contribution >= 0.6 is 0 Å². The number of halogens is 5. The third-order valence-corrected chi connectivity index (χ3v) is 5.85. The second kappa shape index (κ2) is 13.8. The smallest absolute Gasteiger partial charge is 0.282 e. The molecule has 0 aliphatic carbocycles. The van der Waals surface area contributed by atoms with Gasteiger partial charge in [0.25, 0.3) is 5.97 Å². The van der Waals surface area contributed by atoms with E-state index in [1.165, 1.54) is 58.1 Å². The van der Waals surface area contributed by atoms with Gasteiger partial charge in [0.1, 0.15) is 0 Å². The minimum absolute atomic E-state index is 0.113. The number of benzene rings is 2. The normalized spacial score (nSPS) is 11.9. The first kappa shape index (κ1) is 28.2. The highest BCUT2D eigenvalue weighted by atomic mass is 19.2. The molecular formula is C26H33F5O3. The molecular weight excluding hydrogens is 455 g/mol. The molecule has 8 heteroatoms. The van der Waals surface area contributed by atoms with Crippen LogP contribution in [0.3, 0.4) is 0 Å². The molecule has 0 fully saturated rings. The highest BCUT2D eigenvalue weighted by Gasteiger charge is 2.30. The summed E-state index contributed by atoms with van der Waals surface area (Å²) in [5.74, 6) is -11.1. The van der Waals surface area contributed by atoms with Gasteiger partial charge < -0.3 is 14.2 Å². The second-order valence-corrected chi connectivity index (χ2v) is 8.21. The lowest BCUT2D eigenvalue weighted by Gasteiger charge is -2.30. The third-order valence-electron chi connectivity index (χ3n) is 5.85. The molecule has 0 radical (unpaired) electrons. The van der Waals surface area contributed by atoms with Crippen molar-refractivity contribution in [3.05, 3.63) is 58.9 Å². The molecule has 0 amide bonds. The molecule has 0 aliphatic heterocycles. The van der Waals surface area contributed by atoms with Crippen molar-refractivity contribution in [1.82, 2.24) is 0 Å². The topological polar surface area (TPSA) is 27.7 Å². The standard InChI is InChI=1S/C26H33F5O3/c1-4-5-6-7-8-9-10-15-26(32-2,33-3)34-16-14-18-12-11-13-19(17-18)20-21(27)23(29)25(31)24(30)22(20)28/h11-13,17H,4-10,14-16H2,1-3H3. The molecule has 3 nitrogen and oxygen atoms in total. The summed E-state index contributed by atoms with van der Waals surface area (Å²) in [6, 6.07) is 5.83. The van der Waals surface area contributed by atoms with Crippen LogP contribution in [0.15, 0.2) is 24.3 Å². The van der Waals surface area contributed by atoms with E-state index < -0.39 is 40.6 Å². The first-order chi connectivity index (χ1) is 16.3. The van der Waals surface area contributed by atoms with Gasteiger partial charge in [0.2, 0.25) is 5.82 Å². The van der Waals surface area contributed by atoms with E-state index in [9.17, 15) is 22.0 Å². The van der Waals surface area contributed by atoms with Crippen molar-refractivity contribution in [2.24, 2.45) is 0 Å². The molecule has 0 saturated heterocycles. The molecule has 190 valence electrons. The lowest BCUT2D eigenvalue weighted by Crippen LogP contribution is -2.37. The third kappa shape index (κ3) is 7.23. The first-order valence-corrected chi connectivity index (χ1v) is 11.6. The summed E-state index contributed by atoms with van der Waals surface area (Å²) in [5.41, 5.74) is -0.474. The molecule has 0 unspecified atom stereocenters. The number of hydrogen-bond donors (Lipinski definition) is 0. The molecule has 0 saturated carbocycles. The largest absolute Gasteiger partial charge is 0.331 e. The minimum Gasteiger partial charge on any atom is -0.331 e. The van der Waals surface area contributed by atoms with Crippen molar-refractivity contribution in [2.75, 3.05) is 20.8 Å². The molecule has 34 heavy (non-hydrogen) atoms. The number of rotatable bonds is 15. The first-order valence-electron chi connectivity index (χ1n) is 11.6. The lowest BCUT2D eigenvalue weighted by molar-refractivity contribution is -0.365. The van der Waals surface area contributed by atoms with Crippen LogP contribution in [0.4, 0.5) is 22.0 Å². The molecule has 0 spiro atoms. The average molecular weight is 489 g/mol. The predicted molar refractivity (Wildman–Crippen MR) is 121 cm³/mol. The van der Waals surface area contributed by atoms with E-state index >= 15 is 0 Å². The van der Waals surface area contributed by atoms with Crippen LogP contribution in [0, 0.1) is 29.1 Å². The molecule has 2 rings (SSSR count). The van der Waals surface area contributed by atoms with Crippen LogP contribution in [-0.2, 0) is 20.6 Å². The molecule has 2 aromatic rings. The molecule has 0 aromatic heterocycles. The highest BCUT2D eigenvalue weighted by molar-refractivity contribution is 5.66. The van der Waals surface area contributed by atoms with Crippen LogP contribution < -0.4 is 0 Å². The summed E-state index contributed by atoms with van der Waals surface area (Å²) in [5, 5.41) is 0. The van der Waals surface area contributed by atoms with Gasteiger partial charge in [-0.1, -0.05) is 69.7 Å². The predicted octanol–water partition coefficient (Wildman–Crippen LogP) is 7.70. The van der Waals surface area contributed by atoms with Crippen LogP contribution in [0.5, 0.6) is 0 Å². The van der Waals surface area contributed by atoms with Crippen molar-refractivity contribution in [2.45, 2.75) is 70.7 Å². The molecule has 2 aromatic carbocycles. The lowest BCUT2D eigenvalue weighted by atomic mass is 10.00. The van der Waals surface area contributed by atoms with E-state index in [0.29, 0.717) is 18.4 Å². The maximum Gasteiger partial charge on any atom is 0.282 e. The Kier molecular flexibility index (Phi) is 11.4. The van der Waals surface area contributed by atoms with E-state index in [4.69, 9.17) is 14.2 Å². The van der Waals surface area contributed by atoms with Gasteiger partial charge in [0.15, 0.2) is 23.3 Å². The SMILES string of the molecule is CCCCCCCCCC(OC)(OC)OCCc1cccc(-c2c(F)c(F)c(F)c(F)c2F)c1. The maximum atomic E-state index is 14.2. The average Bonchev–Trinajstić information content (AvgIpc) is 2.85. The van der Waals surface area contributed by atoms with Gasteiger partial charge >= 0.3 is 0 Å². The Labute approximate surface area is 198 Å². The van der Waals surface area contributed by atoms with Crippen LogP contribution in [0.2, 0.25) is 0 Å². The Morgan fingerprint density at radius 2 is 1.29 bits per heavy atom. The molecule has 0 heterocycles. The fraction of sp³-hybridized carbons (Fsp3) is 0.538. The van der Waals surface area contributed by atoms with E-state index in [-0.39, 0.29) is 12.2 Å². The molecule has 0 bridgehead atoms. The minimum atomic E-state index is -2.18. The van der Waals surface area contributed by atoms with Crippen LogP contribution in [-0.4, -0.2) is 26.8 Å². The van der Waals surface area contributed by atoms with E-state index in [0.717, 1.165) is 19.3 Å². The highest BCUT2D eigenvalue weighted by Crippen LogP contribution is 2.32. The van der Waals surface area contributed by atoms with Gasteiger partial charge in [0.05, 0.1) is 12.2 Å². The van der Waals surface area contributed by atoms with Crippen LogP contribution in [0.25, 0.3) is 11.1 Å². The molecule has 0 N–H and O–H groups in total. The Balaban J connectivity index is 2.00. The Morgan fingerprint density at radius 1 is 0.735 bits per heavy atom. The number of ether oxygens (including phenoxy) is 3. The summed E-state index contributed by atoms with van der Waals surface area (Å²) in [6.45, 7) is 2.34. The zero-order valence-electron chi connectivity index (χ0n) is 20.0. The quantitative estimate of drug-likeness (QED) is 0.0845. The number of unbranched alkanes of at least 4 members (excludes halogenated alkanes) is 6. The monoisotopic (exact) mass is 488 g/mol. The Hall–Kier alpha value is -2.03. The summed E-state index contributed by atoms with van der Waals surface area (Å²) >= 11 is 0. The summed E-state index contributed by atoms with van der Waals surface area (Å²) in [4.78, 5) is 0. The zero-order valence-corrected chi connectivity index (χ0v) is 20.0.